The van der Waals surface area contributed by atoms with E-state index in [1.807, 2.05) is 19.0 Å². The number of ether oxygens (including phenoxy) is 1. The number of halogens is 3. The molecule has 0 saturated carbocycles. The van der Waals surface area contributed by atoms with E-state index in [1.54, 1.807) is 36.4 Å². The van der Waals surface area contributed by atoms with E-state index in [0.717, 1.165) is 24.2 Å². The van der Waals surface area contributed by atoms with Crippen molar-refractivity contribution < 1.29 is 22.7 Å². The third-order valence-corrected chi connectivity index (χ3v) is 4.82. The van der Waals surface area contributed by atoms with Gasteiger partial charge < -0.3 is 20.7 Å². The molecular weight excluding hydrogens is 433 g/mol. The van der Waals surface area contributed by atoms with Gasteiger partial charge in [0.1, 0.15) is 17.2 Å². The van der Waals surface area contributed by atoms with Crippen LogP contribution < -0.4 is 15.8 Å². The molecule has 174 valence electrons. The van der Waals surface area contributed by atoms with Gasteiger partial charge in [-0.25, -0.2) is 4.98 Å². The molecule has 1 aromatic heterocycles. The minimum absolute atomic E-state index is 0.156. The zero-order valence-corrected chi connectivity index (χ0v) is 18.3. The molecule has 2 aromatic carbocycles. The number of hydrogen-bond acceptors (Lipinski definition) is 5. The molecule has 0 bridgehead atoms. The molecule has 6 nitrogen and oxygen atoms in total. The van der Waals surface area contributed by atoms with E-state index in [1.165, 1.54) is 12.1 Å². The van der Waals surface area contributed by atoms with Gasteiger partial charge in [0, 0.05) is 30.8 Å². The molecule has 9 heteroatoms. The van der Waals surface area contributed by atoms with Crippen LogP contribution in [-0.4, -0.2) is 43.0 Å². The number of amides is 1. The number of hydrogen-bond donors (Lipinski definition) is 2. The highest BCUT2D eigenvalue weighted by Gasteiger charge is 2.31. The minimum Gasteiger partial charge on any atom is -0.457 e. The van der Waals surface area contributed by atoms with E-state index in [-0.39, 0.29) is 12.2 Å². The van der Waals surface area contributed by atoms with Crippen molar-refractivity contribution in [2.75, 3.05) is 27.2 Å². The van der Waals surface area contributed by atoms with Crippen molar-refractivity contribution in [3.8, 4) is 22.8 Å². The predicted molar refractivity (Wildman–Crippen MR) is 120 cm³/mol. The van der Waals surface area contributed by atoms with Crippen LogP contribution in [0, 0.1) is 0 Å². The van der Waals surface area contributed by atoms with E-state index in [9.17, 15) is 18.0 Å². The Balaban J connectivity index is 1.79. The molecule has 3 N–H and O–H groups in total. The molecule has 0 aliphatic heterocycles. The van der Waals surface area contributed by atoms with Crippen LogP contribution >= 0.6 is 0 Å². The summed E-state index contributed by atoms with van der Waals surface area (Å²) in [6.07, 6.45) is -4.44. The number of aromatic nitrogens is 1. The molecule has 0 aliphatic rings. The SMILES string of the molecule is CN(C)CCNCc1cc(C(F)(F)F)ccc1Oc1ccc(-c2cccc(C(N)=O)n2)cc1. The van der Waals surface area contributed by atoms with Gasteiger partial charge in [-0.2, -0.15) is 13.2 Å². The number of nitrogens with one attached hydrogen (secondary N) is 1. The highest BCUT2D eigenvalue weighted by atomic mass is 19.4. The fraction of sp³-hybridized carbons (Fsp3) is 0.250. The Morgan fingerprint density at radius 2 is 1.82 bits per heavy atom. The van der Waals surface area contributed by atoms with Gasteiger partial charge in [0.05, 0.1) is 11.3 Å². The molecule has 1 heterocycles. The van der Waals surface area contributed by atoms with Crippen molar-refractivity contribution in [2.45, 2.75) is 12.7 Å². The summed E-state index contributed by atoms with van der Waals surface area (Å²) in [7, 11) is 3.84. The van der Waals surface area contributed by atoms with Crippen molar-refractivity contribution in [3.05, 3.63) is 77.5 Å². The molecule has 0 saturated heterocycles. The Kier molecular flexibility index (Phi) is 7.67. The maximum Gasteiger partial charge on any atom is 0.416 e. The second-order valence-electron chi connectivity index (χ2n) is 7.70. The maximum absolute atomic E-state index is 13.2. The van der Waals surface area contributed by atoms with Gasteiger partial charge in [-0.3, -0.25) is 4.79 Å². The Morgan fingerprint density at radius 3 is 2.45 bits per heavy atom. The number of primary amides is 1. The zero-order valence-electron chi connectivity index (χ0n) is 18.3. The lowest BCUT2D eigenvalue weighted by Crippen LogP contribution is -2.26. The number of carbonyl (C=O) groups is 1. The highest BCUT2D eigenvalue weighted by molar-refractivity contribution is 5.91. The lowest BCUT2D eigenvalue weighted by molar-refractivity contribution is -0.137. The average Bonchev–Trinajstić information content (AvgIpc) is 2.77. The van der Waals surface area contributed by atoms with E-state index in [2.05, 4.69) is 10.3 Å². The largest absolute Gasteiger partial charge is 0.457 e. The standard InChI is InChI=1S/C24H25F3N4O2/c1-31(2)13-12-29-15-17-14-18(24(25,26)27)8-11-22(17)33-19-9-6-16(7-10-19)20-4-3-5-21(30-20)23(28)32/h3-11,14,29H,12-13,15H2,1-2H3,(H2,28,32). The summed E-state index contributed by atoms with van der Waals surface area (Å²) < 4.78 is 45.5. The summed E-state index contributed by atoms with van der Waals surface area (Å²) in [4.78, 5) is 17.6. The molecule has 0 fully saturated rings. The Hall–Kier alpha value is -3.43. The van der Waals surface area contributed by atoms with Crippen LogP contribution in [0.4, 0.5) is 13.2 Å². The maximum atomic E-state index is 13.2. The van der Waals surface area contributed by atoms with Crippen molar-refractivity contribution in [3.63, 3.8) is 0 Å². The third-order valence-electron chi connectivity index (χ3n) is 4.82. The number of pyridine rings is 1. The number of alkyl halides is 3. The average molecular weight is 458 g/mol. The lowest BCUT2D eigenvalue weighted by Gasteiger charge is -2.16. The quantitative estimate of drug-likeness (QED) is 0.467. The van der Waals surface area contributed by atoms with E-state index < -0.39 is 17.6 Å². The molecule has 0 radical (unpaired) electrons. The number of benzene rings is 2. The number of likely N-dealkylation sites (N-methyl/N-ethyl adjacent to an activating group) is 1. The summed E-state index contributed by atoms with van der Waals surface area (Å²) in [6, 6.07) is 15.3. The minimum atomic E-state index is -4.44. The Morgan fingerprint density at radius 1 is 1.09 bits per heavy atom. The first-order valence-electron chi connectivity index (χ1n) is 10.2. The Labute approximate surface area is 190 Å². The molecule has 0 unspecified atom stereocenters. The van der Waals surface area contributed by atoms with Crippen molar-refractivity contribution in [2.24, 2.45) is 5.73 Å². The fourth-order valence-electron chi connectivity index (χ4n) is 3.07. The van der Waals surface area contributed by atoms with Crippen LogP contribution in [0.15, 0.2) is 60.7 Å². The third kappa shape index (κ3) is 6.77. The van der Waals surface area contributed by atoms with E-state index in [4.69, 9.17) is 10.5 Å². The fourth-order valence-corrected chi connectivity index (χ4v) is 3.07. The Bertz CT molecular complexity index is 1100. The van der Waals surface area contributed by atoms with Gasteiger partial charge >= 0.3 is 6.18 Å². The monoisotopic (exact) mass is 458 g/mol. The summed E-state index contributed by atoms with van der Waals surface area (Å²) in [5.41, 5.74) is 6.42. The predicted octanol–water partition coefficient (Wildman–Crippen LogP) is 4.31. The zero-order chi connectivity index (χ0) is 24.0. The van der Waals surface area contributed by atoms with Crippen LogP contribution in [-0.2, 0) is 12.7 Å². The number of nitrogens with two attached hydrogens (primary N) is 1. The van der Waals surface area contributed by atoms with Gasteiger partial charge in [-0.05, 0) is 68.7 Å². The van der Waals surface area contributed by atoms with Crippen LogP contribution in [0.2, 0.25) is 0 Å². The molecule has 33 heavy (non-hydrogen) atoms. The molecule has 3 aromatic rings. The lowest BCUT2D eigenvalue weighted by atomic mass is 10.1. The van der Waals surface area contributed by atoms with E-state index in [0.29, 0.717) is 29.3 Å². The number of nitrogens with zero attached hydrogens (tertiary/aromatic N) is 2. The normalized spacial score (nSPS) is 11.6. The number of carbonyl (C=O) groups excluding carboxylic acids is 1. The van der Waals surface area contributed by atoms with Gasteiger partial charge in [0.2, 0.25) is 0 Å². The summed E-state index contributed by atoms with van der Waals surface area (Å²) in [5, 5.41) is 3.15. The first kappa shape index (κ1) is 24.2. The molecule has 3 rings (SSSR count). The topological polar surface area (TPSA) is 80.5 Å². The first-order valence-corrected chi connectivity index (χ1v) is 10.2. The molecule has 0 spiro atoms. The van der Waals surface area contributed by atoms with Gasteiger partial charge in [-0.15, -0.1) is 0 Å². The second kappa shape index (κ2) is 10.5. The molecular formula is C24H25F3N4O2. The van der Waals surface area contributed by atoms with Crippen LogP contribution in [0.3, 0.4) is 0 Å². The summed E-state index contributed by atoms with van der Waals surface area (Å²) in [5.74, 6) is 0.173. The highest BCUT2D eigenvalue weighted by Crippen LogP contribution is 2.34. The van der Waals surface area contributed by atoms with Crippen molar-refractivity contribution >= 4 is 5.91 Å². The molecule has 0 atom stereocenters. The van der Waals surface area contributed by atoms with Crippen molar-refractivity contribution in [1.82, 2.24) is 15.2 Å². The summed E-state index contributed by atoms with van der Waals surface area (Å²) in [6.45, 7) is 1.60. The van der Waals surface area contributed by atoms with Gasteiger partial charge in [0.15, 0.2) is 0 Å². The van der Waals surface area contributed by atoms with Crippen molar-refractivity contribution in [1.29, 1.82) is 0 Å². The van der Waals surface area contributed by atoms with Crippen LogP contribution in [0.25, 0.3) is 11.3 Å². The summed E-state index contributed by atoms with van der Waals surface area (Å²) >= 11 is 0. The number of rotatable bonds is 9. The smallest absolute Gasteiger partial charge is 0.416 e. The van der Waals surface area contributed by atoms with Gasteiger partial charge in [0.25, 0.3) is 5.91 Å². The van der Waals surface area contributed by atoms with E-state index >= 15 is 0 Å². The van der Waals surface area contributed by atoms with Gasteiger partial charge in [-0.1, -0.05) is 6.07 Å². The first-order chi connectivity index (χ1) is 15.6. The van der Waals surface area contributed by atoms with Crippen LogP contribution in [0.1, 0.15) is 21.6 Å². The molecule has 0 aliphatic carbocycles. The molecule has 1 amide bonds. The van der Waals surface area contributed by atoms with Crippen LogP contribution in [0.5, 0.6) is 11.5 Å². The second-order valence-corrected chi connectivity index (χ2v) is 7.70.